The van der Waals surface area contributed by atoms with E-state index < -0.39 is 0 Å². The van der Waals surface area contributed by atoms with Crippen molar-refractivity contribution in [1.82, 2.24) is 5.32 Å². The largest absolute Gasteiger partial charge is 0.490 e. The van der Waals surface area contributed by atoms with Crippen LogP contribution in [0.3, 0.4) is 0 Å². The molecule has 1 aromatic carbocycles. The lowest BCUT2D eigenvalue weighted by atomic mass is 9.95. The Hall–Kier alpha value is -2.78. The second-order valence-electron chi connectivity index (χ2n) is 6.99. The van der Waals surface area contributed by atoms with Crippen molar-refractivity contribution in [1.29, 1.82) is 5.26 Å². The van der Waals surface area contributed by atoms with E-state index >= 15 is 0 Å². The number of benzene rings is 1. The lowest BCUT2D eigenvalue weighted by molar-refractivity contribution is -0.117. The highest BCUT2D eigenvalue weighted by Crippen LogP contribution is 2.30. The molecule has 3 rings (SSSR count). The highest BCUT2D eigenvalue weighted by Gasteiger charge is 2.18. The zero-order valence-electron chi connectivity index (χ0n) is 16.6. The van der Waals surface area contributed by atoms with Gasteiger partial charge in [0.15, 0.2) is 11.5 Å². The lowest BCUT2D eigenvalue weighted by Gasteiger charge is -2.22. The van der Waals surface area contributed by atoms with Gasteiger partial charge in [-0.2, -0.15) is 5.26 Å². The van der Waals surface area contributed by atoms with Gasteiger partial charge in [0.05, 0.1) is 6.61 Å². The Morgan fingerprint density at radius 3 is 2.76 bits per heavy atom. The van der Waals surface area contributed by atoms with Gasteiger partial charge in [-0.15, -0.1) is 11.3 Å². The fraction of sp³-hybridized carbons (Fsp3) is 0.391. The first kappa shape index (κ1) is 20.9. The normalized spacial score (nSPS) is 14.8. The summed E-state index contributed by atoms with van der Waals surface area (Å²) in [5.41, 5.74) is 0.831. The van der Waals surface area contributed by atoms with Crippen LogP contribution in [0.25, 0.3) is 6.08 Å². The SMILES string of the molecule is CCOc1cc(/C=C(\C#N)C(=O)NC2CCCCC2)ccc1OCc1cccs1. The summed E-state index contributed by atoms with van der Waals surface area (Å²) in [6.45, 7) is 2.87. The average molecular weight is 411 g/mol. The summed E-state index contributed by atoms with van der Waals surface area (Å²) in [7, 11) is 0. The van der Waals surface area contributed by atoms with E-state index in [4.69, 9.17) is 9.47 Å². The van der Waals surface area contributed by atoms with E-state index in [2.05, 4.69) is 5.32 Å². The molecule has 1 heterocycles. The monoisotopic (exact) mass is 410 g/mol. The Kier molecular flexibility index (Phi) is 7.71. The van der Waals surface area contributed by atoms with E-state index in [0.717, 1.165) is 36.1 Å². The molecule has 2 aromatic rings. The van der Waals surface area contributed by atoms with Crippen molar-refractivity contribution in [2.75, 3.05) is 6.61 Å². The van der Waals surface area contributed by atoms with E-state index in [0.29, 0.717) is 24.7 Å². The van der Waals surface area contributed by atoms with Gasteiger partial charge >= 0.3 is 0 Å². The predicted molar refractivity (Wildman–Crippen MR) is 115 cm³/mol. The van der Waals surface area contributed by atoms with E-state index in [9.17, 15) is 10.1 Å². The van der Waals surface area contributed by atoms with Crippen LogP contribution < -0.4 is 14.8 Å². The molecule has 5 nitrogen and oxygen atoms in total. The Bertz CT molecular complexity index is 878. The number of ether oxygens (including phenoxy) is 2. The van der Waals surface area contributed by atoms with E-state index in [-0.39, 0.29) is 17.5 Å². The summed E-state index contributed by atoms with van der Waals surface area (Å²) in [5.74, 6) is 0.931. The van der Waals surface area contributed by atoms with Crippen molar-refractivity contribution in [2.24, 2.45) is 0 Å². The number of amides is 1. The van der Waals surface area contributed by atoms with Crippen molar-refractivity contribution in [2.45, 2.75) is 51.7 Å². The Morgan fingerprint density at radius 1 is 1.24 bits per heavy atom. The van der Waals surface area contributed by atoms with Crippen molar-refractivity contribution >= 4 is 23.3 Å². The maximum atomic E-state index is 12.5. The van der Waals surface area contributed by atoms with Crippen LogP contribution in [0, 0.1) is 11.3 Å². The molecule has 1 fully saturated rings. The molecule has 29 heavy (non-hydrogen) atoms. The summed E-state index contributed by atoms with van der Waals surface area (Å²) < 4.78 is 11.6. The quantitative estimate of drug-likeness (QED) is 0.486. The first-order valence-electron chi connectivity index (χ1n) is 10.0. The van der Waals surface area contributed by atoms with Crippen LogP contribution in [0.5, 0.6) is 11.5 Å². The van der Waals surface area contributed by atoms with Gasteiger partial charge < -0.3 is 14.8 Å². The van der Waals surface area contributed by atoms with Crippen molar-refractivity contribution in [3.8, 4) is 17.6 Å². The molecule has 6 heteroatoms. The van der Waals surface area contributed by atoms with Crippen molar-refractivity contribution in [3.63, 3.8) is 0 Å². The predicted octanol–water partition coefficient (Wildman–Crippen LogP) is 5.08. The molecule has 1 N–H and O–H groups in total. The highest BCUT2D eigenvalue weighted by molar-refractivity contribution is 7.09. The highest BCUT2D eigenvalue weighted by atomic mass is 32.1. The minimum absolute atomic E-state index is 0.102. The number of nitrogens with one attached hydrogen (secondary N) is 1. The van der Waals surface area contributed by atoms with Crippen LogP contribution in [0.4, 0.5) is 0 Å². The van der Waals surface area contributed by atoms with Gasteiger partial charge in [0.2, 0.25) is 0 Å². The fourth-order valence-electron chi connectivity index (χ4n) is 3.37. The molecule has 1 aliphatic carbocycles. The average Bonchev–Trinajstić information content (AvgIpc) is 3.26. The maximum absolute atomic E-state index is 12.5. The Labute approximate surface area is 176 Å². The first-order chi connectivity index (χ1) is 14.2. The van der Waals surface area contributed by atoms with Crippen molar-refractivity contribution < 1.29 is 14.3 Å². The second kappa shape index (κ2) is 10.7. The molecule has 0 spiro atoms. The molecule has 152 valence electrons. The van der Waals surface area contributed by atoms with Gasteiger partial charge in [-0.25, -0.2) is 0 Å². The number of thiophene rings is 1. The third kappa shape index (κ3) is 6.10. The van der Waals surface area contributed by atoms with E-state index in [1.165, 1.54) is 6.42 Å². The van der Waals surface area contributed by atoms with Gasteiger partial charge in [-0.1, -0.05) is 31.4 Å². The topological polar surface area (TPSA) is 71.3 Å². The molecule has 0 saturated heterocycles. The van der Waals surface area contributed by atoms with E-state index in [1.54, 1.807) is 23.5 Å². The third-order valence-corrected chi connectivity index (χ3v) is 5.68. The number of carbonyl (C=O) groups excluding carboxylic acids is 1. The summed E-state index contributed by atoms with van der Waals surface area (Å²) in [6.07, 6.45) is 7.03. The molecule has 1 aliphatic rings. The van der Waals surface area contributed by atoms with Crippen LogP contribution in [-0.2, 0) is 11.4 Å². The number of hydrogen-bond acceptors (Lipinski definition) is 5. The number of nitrogens with zero attached hydrogens (tertiary/aromatic N) is 1. The molecule has 0 unspecified atom stereocenters. The standard InChI is InChI=1S/C23H26N2O3S/c1-2-27-22-14-17(10-11-21(22)28-16-20-9-6-12-29-20)13-18(15-24)23(26)25-19-7-4-3-5-8-19/h6,9-14,19H,2-5,7-8,16H2,1H3,(H,25,26)/b18-13+. The van der Waals surface area contributed by atoms with Gasteiger partial charge in [-0.3, -0.25) is 4.79 Å². The van der Waals surface area contributed by atoms with Crippen LogP contribution in [0.1, 0.15) is 49.5 Å². The van der Waals surface area contributed by atoms with Gasteiger partial charge in [0.1, 0.15) is 18.2 Å². The first-order valence-corrected chi connectivity index (χ1v) is 10.9. The zero-order chi connectivity index (χ0) is 20.5. The zero-order valence-corrected chi connectivity index (χ0v) is 17.5. The number of hydrogen-bond donors (Lipinski definition) is 1. The van der Waals surface area contributed by atoms with E-state index in [1.807, 2.05) is 42.6 Å². The minimum Gasteiger partial charge on any atom is -0.490 e. The van der Waals surface area contributed by atoms with Crippen LogP contribution in [0.2, 0.25) is 0 Å². The molecular weight excluding hydrogens is 384 g/mol. The molecule has 0 aliphatic heterocycles. The molecule has 1 aromatic heterocycles. The van der Waals surface area contributed by atoms with Gasteiger partial charge in [0.25, 0.3) is 5.91 Å². The fourth-order valence-corrected chi connectivity index (χ4v) is 3.99. The van der Waals surface area contributed by atoms with Gasteiger partial charge in [0, 0.05) is 10.9 Å². The number of carbonyl (C=O) groups is 1. The molecule has 0 bridgehead atoms. The minimum atomic E-state index is -0.310. The van der Waals surface area contributed by atoms with Crippen LogP contribution in [-0.4, -0.2) is 18.6 Å². The van der Waals surface area contributed by atoms with Crippen molar-refractivity contribution in [3.05, 3.63) is 51.7 Å². The third-order valence-electron chi connectivity index (χ3n) is 4.83. The summed E-state index contributed by atoms with van der Waals surface area (Å²) in [4.78, 5) is 13.6. The molecular formula is C23H26N2O3S. The smallest absolute Gasteiger partial charge is 0.262 e. The molecule has 1 saturated carbocycles. The Balaban J connectivity index is 1.72. The van der Waals surface area contributed by atoms with Crippen LogP contribution >= 0.6 is 11.3 Å². The molecule has 0 radical (unpaired) electrons. The summed E-state index contributed by atoms with van der Waals surface area (Å²) in [5, 5.41) is 14.5. The lowest BCUT2D eigenvalue weighted by Crippen LogP contribution is -2.36. The number of nitriles is 1. The molecule has 1 amide bonds. The second-order valence-corrected chi connectivity index (χ2v) is 8.02. The summed E-state index contributed by atoms with van der Waals surface area (Å²) in [6, 6.07) is 11.7. The Morgan fingerprint density at radius 2 is 2.07 bits per heavy atom. The summed E-state index contributed by atoms with van der Waals surface area (Å²) >= 11 is 1.64. The van der Waals surface area contributed by atoms with Crippen LogP contribution in [0.15, 0.2) is 41.3 Å². The van der Waals surface area contributed by atoms with Gasteiger partial charge in [-0.05, 0) is 55.0 Å². The number of rotatable bonds is 8. The maximum Gasteiger partial charge on any atom is 0.262 e. The molecule has 0 atom stereocenters.